The van der Waals surface area contributed by atoms with Crippen LogP contribution in [0.3, 0.4) is 0 Å². The van der Waals surface area contributed by atoms with Crippen LogP contribution in [0.15, 0.2) is 18.2 Å². The lowest BCUT2D eigenvalue weighted by Gasteiger charge is -2.17. The topological polar surface area (TPSA) is 142 Å². The van der Waals surface area contributed by atoms with E-state index in [1.165, 1.54) is 17.0 Å². The molecule has 0 bridgehead atoms. The number of hydrogen-bond donors (Lipinski definition) is 4. The van der Waals surface area contributed by atoms with Gasteiger partial charge in [0.2, 0.25) is 0 Å². The Hall–Kier alpha value is -2.23. The van der Waals surface area contributed by atoms with Crippen LogP contribution in [0, 0.1) is 10.1 Å². The van der Waals surface area contributed by atoms with Gasteiger partial charge < -0.3 is 20.5 Å². The van der Waals surface area contributed by atoms with Gasteiger partial charge in [0, 0.05) is 25.2 Å². The first-order valence-corrected chi connectivity index (χ1v) is 5.84. The number of rotatable bonds is 3. The molecule has 1 aliphatic rings. The lowest BCUT2D eigenvalue weighted by molar-refractivity contribution is -0.384. The van der Waals surface area contributed by atoms with E-state index < -0.39 is 23.0 Å². The zero-order chi connectivity index (χ0) is 14.9. The number of nitrogen functional groups attached to an aromatic ring is 1. The summed E-state index contributed by atoms with van der Waals surface area (Å²) in [4.78, 5) is 23.6. The number of non-ortho nitro benzene ring substituents is 1. The van der Waals surface area contributed by atoms with Crippen molar-refractivity contribution >= 4 is 17.3 Å². The number of carbonyl (C=O) groups excluding carboxylic acids is 1. The van der Waals surface area contributed by atoms with Crippen molar-refractivity contribution in [3.8, 4) is 0 Å². The quantitative estimate of drug-likeness (QED) is 0.318. The highest BCUT2D eigenvalue weighted by molar-refractivity contribution is 6.00. The van der Waals surface area contributed by atoms with Gasteiger partial charge in [-0.3, -0.25) is 20.8 Å². The highest BCUT2D eigenvalue weighted by Gasteiger charge is 2.34. The molecule has 2 rings (SSSR count). The smallest absolute Gasteiger partial charge is 0.270 e. The molecule has 1 amide bonds. The van der Waals surface area contributed by atoms with Crippen LogP contribution in [0.1, 0.15) is 10.4 Å². The van der Waals surface area contributed by atoms with Gasteiger partial charge in [-0.25, -0.2) is 0 Å². The maximum Gasteiger partial charge on any atom is 0.270 e. The number of nitrogens with zero attached hydrogens (tertiary/aromatic N) is 2. The van der Waals surface area contributed by atoms with Crippen molar-refractivity contribution in [2.24, 2.45) is 5.84 Å². The summed E-state index contributed by atoms with van der Waals surface area (Å²) in [6, 6.07) is 3.66. The number of likely N-dealkylation sites (tertiary alicyclic amines) is 1. The number of nitrogens with two attached hydrogens (primary N) is 1. The molecule has 0 spiro atoms. The van der Waals surface area contributed by atoms with Gasteiger partial charge in [0.05, 0.1) is 28.4 Å². The molecule has 2 atom stereocenters. The molecule has 1 heterocycles. The minimum atomic E-state index is -1.02. The minimum Gasteiger partial charge on any atom is -0.388 e. The van der Waals surface area contributed by atoms with Gasteiger partial charge in [0.15, 0.2) is 0 Å². The second-order valence-corrected chi connectivity index (χ2v) is 4.48. The van der Waals surface area contributed by atoms with Crippen LogP contribution in [0.5, 0.6) is 0 Å². The molecular weight excluding hydrogens is 268 g/mol. The number of hydrogen-bond acceptors (Lipinski definition) is 7. The molecule has 9 heteroatoms. The molecule has 0 aromatic heterocycles. The number of nitro groups is 1. The van der Waals surface area contributed by atoms with Crippen molar-refractivity contribution in [2.45, 2.75) is 12.2 Å². The second-order valence-electron chi connectivity index (χ2n) is 4.48. The highest BCUT2D eigenvalue weighted by Crippen LogP contribution is 2.24. The fourth-order valence-corrected chi connectivity index (χ4v) is 2.05. The summed E-state index contributed by atoms with van der Waals surface area (Å²) in [7, 11) is 0. The van der Waals surface area contributed by atoms with Crippen LogP contribution < -0.4 is 11.3 Å². The monoisotopic (exact) mass is 282 g/mol. The Morgan fingerprint density at radius 1 is 1.40 bits per heavy atom. The molecule has 0 saturated carbocycles. The van der Waals surface area contributed by atoms with Crippen LogP contribution in [0.2, 0.25) is 0 Å². The molecule has 0 radical (unpaired) electrons. The Balaban J connectivity index is 2.33. The van der Waals surface area contributed by atoms with Crippen molar-refractivity contribution in [3.05, 3.63) is 33.9 Å². The van der Waals surface area contributed by atoms with Crippen LogP contribution in [0.4, 0.5) is 11.4 Å². The van der Waals surface area contributed by atoms with E-state index in [1.54, 1.807) is 0 Å². The first kappa shape index (κ1) is 14.2. The number of anilines is 1. The second kappa shape index (κ2) is 5.41. The predicted octanol–water partition coefficient (Wildman–Crippen LogP) is -0.942. The summed E-state index contributed by atoms with van der Waals surface area (Å²) in [5.74, 6) is 4.73. The molecule has 1 aromatic carbocycles. The van der Waals surface area contributed by atoms with Gasteiger partial charge in [0.1, 0.15) is 0 Å². The van der Waals surface area contributed by atoms with Gasteiger partial charge in [-0.15, -0.1) is 0 Å². The summed E-state index contributed by atoms with van der Waals surface area (Å²) >= 11 is 0. The zero-order valence-electron chi connectivity index (χ0n) is 10.4. The standard InChI is InChI=1S/C11H14N4O5/c12-13-8-2-1-6(15(19)20)3-7(8)11(18)14-4-9(16)10(17)5-14/h1-3,9-10,13,16-17H,4-5,12H2. The first-order chi connectivity index (χ1) is 9.43. The molecule has 9 nitrogen and oxygen atoms in total. The van der Waals surface area contributed by atoms with E-state index in [0.29, 0.717) is 0 Å². The Labute approximate surface area is 113 Å². The number of aliphatic hydroxyl groups excluding tert-OH is 2. The molecular formula is C11H14N4O5. The van der Waals surface area contributed by atoms with Gasteiger partial charge in [-0.2, -0.15) is 0 Å². The van der Waals surface area contributed by atoms with Crippen molar-refractivity contribution in [1.82, 2.24) is 4.90 Å². The molecule has 1 saturated heterocycles. The third kappa shape index (κ3) is 2.54. The van der Waals surface area contributed by atoms with E-state index in [2.05, 4.69) is 5.43 Å². The third-order valence-corrected chi connectivity index (χ3v) is 3.15. The first-order valence-electron chi connectivity index (χ1n) is 5.84. The van der Waals surface area contributed by atoms with E-state index in [-0.39, 0.29) is 30.0 Å². The molecule has 1 aliphatic heterocycles. The average molecular weight is 282 g/mol. The number of carbonyl (C=O) groups is 1. The molecule has 20 heavy (non-hydrogen) atoms. The van der Waals surface area contributed by atoms with Gasteiger partial charge in [-0.1, -0.05) is 0 Å². The zero-order valence-corrected chi connectivity index (χ0v) is 10.4. The summed E-state index contributed by atoms with van der Waals surface area (Å²) in [6.07, 6.45) is -2.04. The molecule has 108 valence electrons. The normalized spacial score (nSPS) is 21.9. The number of amides is 1. The number of hydrazine groups is 1. The van der Waals surface area contributed by atoms with Crippen LogP contribution in [-0.4, -0.2) is 51.2 Å². The molecule has 0 aliphatic carbocycles. The third-order valence-electron chi connectivity index (χ3n) is 3.15. The Bertz CT molecular complexity index is 540. The van der Waals surface area contributed by atoms with E-state index in [1.807, 2.05) is 0 Å². The van der Waals surface area contributed by atoms with Crippen molar-refractivity contribution in [2.75, 3.05) is 18.5 Å². The highest BCUT2D eigenvalue weighted by atomic mass is 16.6. The number of nitrogens with one attached hydrogen (secondary N) is 1. The van der Waals surface area contributed by atoms with E-state index in [0.717, 1.165) is 6.07 Å². The summed E-state index contributed by atoms with van der Waals surface area (Å²) < 4.78 is 0. The fraction of sp³-hybridized carbons (Fsp3) is 0.364. The number of aliphatic hydroxyl groups is 2. The van der Waals surface area contributed by atoms with Crippen molar-refractivity contribution < 1.29 is 19.9 Å². The molecule has 2 unspecified atom stereocenters. The molecule has 5 N–H and O–H groups in total. The number of benzene rings is 1. The van der Waals surface area contributed by atoms with E-state index >= 15 is 0 Å². The SMILES string of the molecule is NNc1ccc([N+](=O)[O-])cc1C(=O)N1CC(O)C(O)C1. The van der Waals surface area contributed by atoms with Gasteiger partial charge in [0.25, 0.3) is 11.6 Å². The number of β-amino-alcohol motifs (C(OH)–C–C–N with tert-alkyl or cyclic N) is 2. The Morgan fingerprint density at radius 3 is 2.50 bits per heavy atom. The summed E-state index contributed by atoms with van der Waals surface area (Å²) in [5.41, 5.74) is 2.30. The van der Waals surface area contributed by atoms with Crippen LogP contribution >= 0.6 is 0 Å². The summed E-state index contributed by atoms with van der Waals surface area (Å²) in [6.45, 7) is -0.0700. The Morgan fingerprint density at radius 2 is 2.00 bits per heavy atom. The van der Waals surface area contributed by atoms with E-state index in [9.17, 15) is 25.1 Å². The van der Waals surface area contributed by atoms with Crippen LogP contribution in [0.25, 0.3) is 0 Å². The minimum absolute atomic E-state index is 0.0167. The fourth-order valence-electron chi connectivity index (χ4n) is 2.05. The lowest BCUT2D eigenvalue weighted by atomic mass is 10.1. The van der Waals surface area contributed by atoms with Crippen LogP contribution in [-0.2, 0) is 0 Å². The number of nitro benzene ring substituents is 1. The van der Waals surface area contributed by atoms with Gasteiger partial charge >= 0.3 is 0 Å². The lowest BCUT2D eigenvalue weighted by Crippen LogP contribution is -2.31. The molecule has 1 fully saturated rings. The van der Waals surface area contributed by atoms with Gasteiger partial charge in [-0.05, 0) is 6.07 Å². The average Bonchev–Trinajstić information content (AvgIpc) is 2.77. The molecule has 1 aromatic rings. The maximum atomic E-state index is 12.3. The summed E-state index contributed by atoms with van der Waals surface area (Å²) in [5, 5.41) is 29.6. The van der Waals surface area contributed by atoms with Crippen molar-refractivity contribution in [1.29, 1.82) is 0 Å². The largest absolute Gasteiger partial charge is 0.388 e. The van der Waals surface area contributed by atoms with E-state index in [4.69, 9.17) is 5.84 Å². The Kier molecular flexibility index (Phi) is 3.84. The van der Waals surface area contributed by atoms with Crippen molar-refractivity contribution in [3.63, 3.8) is 0 Å². The predicted molar refractivity (Wildman–Crippen MR) is 68.8 cm³/mol. The maximum absolute atomic E-state index is 12.3.